The second kappa shape index (κ2) is 7.19. The first-order valence-corrected chi connectivity index (χ1v) is 6.96. The molecular weight excluding hydrogens is 202 g/mol. The highest BCUT2D eigenvalue weighted by atomic mass is 32.2. The van der Waals surface area contributed by atoms with Gasteiger partial charge in [0.2, 0.25) is 0 Å². The summed E-state index contributed by atoms with van der Waals surface area (Å²) in [5.41, 5.74) is 0. The van der Waals surface area contributed by atoms with Gasteiger partial charge in [0.05, 0.1) is 6.54 Å². The summed E-state index contributed by atoms with van der Waals surface area (Å²) in [4.78, 5) is 0. The van der Waals surface area contributed by atoms with E-state index in [1.165, 1.54) is 25.7 Å². The van der Waals surface area contributed by atoms with E-state index in [2.05, 4.69) is 36.8 Å². The van der Waals surface area contributed by atoms with Crippen molar-refractivity contribution in [3.8, 4) is 12.3 Å². The zero-order valence-corrected chi connectivity index (χ0v) is 10.8. The van der Waals surface area contributed by atoms with Crippen LogP contribution in [0.2, 0.25) is 0 Å². The molecule has 0 aromatic rings. The average Bonchev–Trinajstić information content (AvgIpc) is 2.18. The smallest absolute Gasteiger partial charge is 0.0574 e. The zero-order chi connectivity index (χ0) is 11.1. The van der Waals surface area contributed by atoms with E-state index in [0.29, 0.717) is 11.8 Å². The highest BCUT2D eigenvalue weighted by Gasteiger charge is 2.20. The number of hydrogen-bond donors (Lipinski definition) is 1. The Labute approximate surface area is 98.8 Å². The van der Waals surface area contributed by atoms with Gasteiger partial charge < -0.3 is 5.32 Å². The van der Waals surface area contributed by atoms with Crippen molar-refractivity contribution in [1.82, 2.24) is 5.32 Å². The van der Waals surface area contributed by atoms with E-state index in [1.807, 2.05) is 0 Å². The Kier molecular flexibility index (Phi) is 6.20. The maximum absolute atomic E-state index is 5.20. The Morgan fingerprint density at radius 3 is 3.00 bits per heavy atom. The lowest BCUT2D eigenvalue weighted by Crippen LogP contribution is -2.26. The summed E-state index contributed by atoms with van der Waals surface area (Å²) in [5.74, 6) is 3.55. The van der Waals surface area contributed by atoms with E-state index in [4.69, 9.17) is 6.42 Å². The molecule has 1 aliphatic rings. The van der Waals surface area contributed by atoms with Crippen LogP contribution in [0.1, 0.15) is 39.5 Å². The summed E-state index contributed by atoms with van der Waals surface area (Å²) in [6.07, 6.45) is 10.9. The SMILES string of the molecule is C#CCNCC(C)SC1CCCC(C)C1. The first kappa shape index (κ1) is 12.9. The molecule has 0 aromatic heterocycles. The molecule has 0 aromatic carbocycles. The molecule has 1 aliphatic carbocycles. The van der Waals surface area contributed by atoms with E-state index in [9.17, 15) is 0 Å². The number of nitrogens with one attached hydrogen (secondary N) is 1. The zero-order valence-electron chi connectivity index (χ0n) is 9.96. The van der Waals surface area contributed by atoms with Crippen molar-refractivity contribution in [2.75, 3.05) is 13.1 Å². The molecule has 3 atom stereocenters. The van der Waals surface area contributed by atoms with Crippen molar-refractivity contribution >= 4 is 11.8 Å². The molecule has 86 valence electrons. The minimum Gasteiger partial charge on any atom is -0.305 e. The van der Waals surface area contributed by atoms with Crippen LogP contribution in [0.15, 0.2) is 0 Å². The molecular formula is C13H23NS. The van der Waals surface area contributed by atoms with Gasteiger partial charge >= 0.3 is 0 Å². The van der Waals surface area contributed by atoms with Gasteiger partial charge in [-0.2, -0.15) is 11.8 Å². The fraction of sp³-hybridized carbons (Fsp3) is 0.846. The quantitative estimate of drug-likeness (QED) is 0.570. The Morgan fingerprint density at radius 2 is 2.33 bits per heavy atom. The van der Waals surface area contributed by atoms with Gasteiger partial charge in [-0.15, -0.1) is 6.42 Å². The van der Waals surface area contributed by atoms with Gasteiger partial charge in [-0.25, -0.2) is 0 Å². The maximum Gasteiger partial charge on any atom is 0.0574 e. The number of thioether (sulfide) groups is 1. The van der Waals surface area contributed by atoms with Gasteiger partial charge in [0.15, 0.2) is 0 Å². The summed E-state index contributed by atoms with van der Waals surface area (Å²) in [5, 5.41) is 4.85. The first-order valence-electron chi connectivity index (χ1n) is 6.02. The monoisotopic (exact) mass is 225 g/mol. The van der Waals surface area contributed by atoms with Crippen LogP contribution in [0.3, 0.4) is 0 Å². The normalized spacial score (nSPS) is 28.3. The van der Waals surface area contributed by atoms with Gasteiger partial charge in [-0.3, -0.25) is 0 Å². The third-order valence-electron chi connectivity index (χ3n) is 2.97. The molecule has 3 unspecified atom stereocenters. The lowest BCUT2D eigenvalue weighted by Gasteiger charge is -2.28. The third kappa shape index (κ3) is 5.49. The highest BCUT2D eigenvalue weighted by molar-refractivity contribution is 8.00. The van der Waals surface area contributed by atoms with Gasteiger partial charge in [0.25, 0.3) is 0 Å². The molecule has 1 saturated carbocycles. The summed E-state index contributed by atoms with van der Waals surface area (Å²) < 4.78 is 0. The Bertz CT molecular complexity index is 209. The number of rotatable bonds is 5. The van der Waals surface area contributed by atoms with Crippen LogP contribution in [0.5, 0.6) is 0 Å². The van der Waals surface area contributed by atoms with Gasteiger partial charge in [-0.1, -0.05) is 32.6 Å². The molecule has 1 fully saturated rings. The van der Waals surface area contributed by atoms with Crippen LogP contribution >= 0.6 is 11.8 Å². The van der Waals surface area contributed by atoms with Crippen LogP contribution in [0, 0.1) is 18.3 Å². The maximum atomic E-state index is 5.20. The Hall–Kier alpha value is -0.130. The van der Waals surface area contributed by atoms with Crippen LogP contribution < -0.4 is 5.32 Å². The molecule has 0 radical (unpaired) electrons. The summed E-state index contributed by atoms with van der Waals surface area (Å²) in [6.45, 7) is 6.42. The Balaban J connectivity index is 2.13. The van der Waals surface area contributed by atoms with E-state index in [0.717, 1.165) is 17.7 Å². The van der Waals surface area contributed by atoms with Crippen LogP contribution in [0.4, 0.5) is 0 Å². The number of hydrogen-bond acceptors (Lipinski definition) is 2. The first-order chi connectivity index (χ1) is 7.22. The second-order valence-corrected chi connectivity index (χ2v) is 6.42. The fourth-order valence-corrected chi connectivity index (χ4v) is 3.84. The summed E-state index contributed by atoms with van der Waals surface area (Å²) in [7, 11) is 0. The molecule has 0 heterocycles. The van der Waals surface area contributed by atoms with Crippen molar-refractivity contribution in [2.45, 2.75) is 50.0 Å². The molecule has 0 spiro atoms. The lowest BCUT2D eigenvalue weighted by atomic mass is 9.91. The van der Waals surface area contributed by atoms with E-state index in [1.54, 1.807) is 0 Å². The average molecular weight is 225 g/mol. The van der Waals surface area contributed by atoms with Gasteiger partial charge in [0, 0.05) is 17.0 Å². The molecule has 1 N–H and O–H groups in total. The predicted molar refractivity (Wildman–Crippen MR) is 70.2 cm³/mol. The van der Waals surface area contributed by atoms with Crippen LogP contribution in [0.25, 0.3) is 0 Å². The van der Waals surface area contributed by atoms with Gasteiger partial charge in [-0.05, 0) is 18.8 Å². The molecule has 15 heavy (non-hydrogen) atoms. The lowest BCUT2D eigenvalue weighted by molar-refractivity contribution is 0.393. The van der Waals surface area contributed by atoms with Crippen LogP contribution in [-0.2, 0) is 0 Å². The van der Waals surface area contributed by atoms with E-state index < -0.39 is 0 Å². The van der Waals surface area contributed by atoms with Crippen molar-refractivity contribution in [3.63, 3.8) is 0 Å². The van der Waals surface area contributed by atoms with Crippen LogP contribution in [-0.4, -0.2) is 23.6 Å². The fourth-order valence-electron chi connectivity index (χ4n) is 2.23. The minimum absolute atomic E-state index is 0.689. The standard InChI is InChI=1S/C13H23NS/c1-4-8-14-10-12(3)15-13-7-5-6-11(2)9-13/h1,11-14H,5-10H2,2-3H3. The minimum atomic E-state index is 0.689. The highest BCUT2D eigenvalue weighted by Crippen LogP contribution is 2.33. The van der Waals surface area contributed by atoms with E-state index in [-0.39, 0.29) is 0 Å². The van der Waals surface area contributed by atoms with Crippen molar-refractivity contribution in [3.05, 3.63) is 0 Å². The van der Waals surface area contributed by atoms with Crippen molar-refractivity contribution in [1.29, 1.82) is 0 Å². The van der Waals surface area contributed by atoms with Gasteiger partial charge in [0.1, 0.15) is 0 Å². The third-order valence-corrected chi connectivity index (χ3v) is 4.42. The number of terminal acetylenes is 1. The largest absolute Gasteiger partial charge is 0.305 e. The summed E-state index contributed by atoms with van der Waals surface area (Å²) >= 11 is 2.14. The summed E-state index contributed by atoms with van der Waals surface area (Å²) in [6, 6.07) is 0. The molecule has 2 heteroatoms. The van der Waals surface area contributed by atoms with E-state index >= 15 is 0 Å². The van der Waals surface area contributed by atoms with Crippen molar-refractivity contribution in [2.24, 2.45) is 5.92 Å². The topological polar surface area (TPSA) is 12.0 Å². The Morgan fingerprint density at radius 1 is 1.53 bits per heavy atom. The second-order valence-electron chi connectivity index (χ2n) is 4.68. The molecule has 0 saturated heterocycles. The molecule has 1 nitrogen and oxygen atoms in total. The predicted octanol–water partition coefficient (Wildman–Crippen LogP) is 2.91. The molecule has 0 bridgehead atoms. The molecule has 0 amide bonds. The van der Waals surface area contributed by atoms with Crippen molar-refractivity contribution < 1.29 is 0 Å². The molecule has 0 aliphatic heterocycles. The molecule has 1 rings (SSSR count).